The summed E-state index contributed by atoms with van der Waals surface area (Å²) in [7, 11) is -0.425. The third kappa shape index (κ3) is 4.55. The second kappa shape index (κ2) is 8.93. The summed E-state index contributed by atoms with van der Waals surface area (Å²) < 4.78 is 12.4. The first kappa shape index (κ1) is 23.5. The fourth-order valence-electron chi connectivity index (χ4n) is 4.69. The molecule has 1 aromatic carbocycles. The van der Waals surface area contributed by atoms with Crippen LogP contribution in [0.15, 0.2) is 42.6 Å². The molecule has 1 aliphatic heterocycles. The van der Waals surface area contributed by atoms with E-state index in [-0.39, 0.29) is 5.91 Å². The van der Waals surface area contributed by atoms with Gasteiger partial charge in [-0.25, -0.2) is 4.98 Å². The molecule has 1 aliphatic carbocycles. The monoisotopic (exact) mass is 445 g/mol. The lowest BCUT2D eigenvalue weighted by molar-refractivity contribution is -0.122. The molecular formula is C26H32BN3O3. The maximum absolute atomic E-state index is 13.6. The van der Waals surface area contributed by atoms with Crippen molar-refractivity contribution in [1.29, 1.82) is 5.26 Å². The molecule has 1 N–H and O–H groups in total. The van der Waals surface area contributed by atoms with Crippen LogP contribution in [0.25, 0.3) is 0 Å². The molecule has 7 heteroatoms. The number of amides is 1. The van der Waals surface area contributed by atoms with Crippen LogP contribution in [-0.4, -0.2) is 29.2 Å². The van der Waals surface area contributed by atoms with Crippen LogP contribution in [0.2, 0.25) is 0 Å². The number of nitrogens with one attached hydrogen (secondary N) is 1. The molecule has 2 aliphatic rings. The van der Waals surface area contributed by atoms with Gasteiger partial charge in [0, 0.05) is 6.20 Å². The van der Waals surface area contributed by atoms with Crippen molar-refractivity contribution < 1.29 is 14.1 Å². The molecule has 0 unspecified atom stereocenters. The molecule has 1 saturated heterocycles. The van der Waals surface area contributed by atoms with E-state index in [2.05, 4.69) is 28.5 Å². The predicted octanol–water partition coefficient (Wildman–Crippen LogP) is 4.48. The van der Waals surface area contributed by atoms with E-state index in [0.717, 1.165) is 49.6 Å². The normalized spacial score (nSPS) is 21.1. The molecule has 0 bridgehead atoms. The molecule has 1 aromatic heterocycles. The lowest BCUT2D eigenvalue weighted by atomic mass is 9.71. The Morgan fingerprint density at radius 1 is 0.970 bits per heavy atom. The second-order valence-electron chi connectivity index (χ2n) is 10.2. The number of anilines is 1. The van der Waals surface area contributed by atoms with Crippen molar-refractivity contribution in [3.8, 4) is 6.07 Å². The van der Waals surface area contributed by atoms with Gasteiger partial charge in [-0.05, 0) is 63.7 Å². The number of benzene rings is 1. The quantitative estimate of drug-likeness (QED) is 0.554. The zero-order valence-electron chi connectivity index (χ0n) is 20.0. The molecule has 2 aromatic rings. The number of hydrogen-bond donors (Lipinski definition) is 1. The fourth-order valence-corrected chi connectivity index (χ4v) is 4.69. The first-order chi connectivity index (χ1) is 15.7. The summed E-state index contributed by atoms with van der Waals surface area (Å²) in [5.74, 6) is 0.432. The average molecular weight is 445 g/mol. The molecule has 0 spiro atoms. The Bertz CT molecular complexity index is 1020. The summed E-state index contributed by atoms with van der Waals surface area (Å²) >= 11 is 0. The lowest BCUT2D eigenvalue weighted by Crippen LogP contribution is -2.41. The molecule has 2 fully saturated rings. The van der Waals surface area contributed by atoms with Crippen molar-refractivity contribution >= 4 is 24.3 Å². The van der Waals surface area contributed by atoms with Crippen LogP contribution in [-0.2, 0) is 19.5 Å². The largest absolute Gasteiger partial charge is 0.494 e. The number of carbonyl (C=O) groups excluding carboxylic acids is 1. The van der Waals surface area contributed by atoms with Gasteiger partial charge in [0.05, 0.1) is 22.2 Å². The van der Waals surface area contributed by atoms with Gasteiger partial charge in [-0.1, -0.05) is 49.9 Å². The van der Waals surface area contributed by atoms with Gasteiger partial charge in [0.1, 0.15) is 11.9 Å². The van der Waals surface area contributed by atoms with E-state index in [9.17, 15) is 4.79 Å². The maximum Gasteiger partial charge on any atom is 0.494 e. The fraction of sp³-hybridized carbons (Fsp3) is 0.500. The van der Waals surface area contributed by atoms with E-state index in [1.807, 2.05) is 39.8 Å². The minimum Gasteiger partial charge on any atom is -0.399 e. The highest BCUT2D eigenvalue weighted by Gasteiger charge is 2.51. The van der Waals surface area contributed by atoms with Gasteiger partial charge < -0.3 is 14.6 Å². The Labute approximate surface area is 196 Å². The third-order valence-corrected chi connectivity index (χ3v) is 7.51. The smallest absolute Gasteiger partial charge is 0.399 e. The molecular weight excluding hydrogens is 413 g/mol. The maximum atomic E-state index is 13.6. The van der Waals surface area contributed by atoms with Crippen molar-refractivity contribution in [2.75, 3.05) is 5.32 Å². The van der Waals surface area contributed by atoms with Crippen molar-refractivity contribution in [2.24, 2.45) is 0 Å². The highest BCUT2D eigenvalue weighted by Crippen LogP contribution is 2.40. The minimum atomic E-state index is -0.611. The summed E-state index contributed by atoms with van der Waals surface area (Å²) in [4.78, 5) is 17.9. The van der Waals surface area contributed by atoms with E-state index in [0.29, 0.717) is 11.4 Å². The Morgan fingerprint density at radius 2 is 1.58 bits per heavy atom. The standard InChI is InChI=1S/C26H32BN3O3/c1-24(2)25(3,4)33-27(32-24)21-12-10-20(11-13-21)26(15-7-5-6-8-16-26)23(31)30-22-14-9-19(17-28)18-29-22/h9-14,18H,5-8,15-16H2,1-4H3,(H,29,30,31). The molecule has 4 rings (SSSR count). The van der Waals surface area contributed by atoms with Gasteiger partial charge in [0.15, 0.2) is 0 Å². The third-order valence-electron chi connectivity index (χ3n) is 7.51. The van der Waals surface area contributed by atoms with E-state index >= 15 is 0 Å². The van der Waals surface area contributed by atoms with E-state index < -0.39 is 23.7 Å². The summed E-state index contributed by atoms with van der Waals surface area (Å²) in [5, 5.41) is 12.0. The molecule has 2 heterocycles. The van der Waals surface area contributed by atoms with Gasteiger partial charge in [-0.2, -0.15) is 5.26 Å². The van der Waals surface area contributed by atoms with Crippen LogP contribution in [0.1, 0.15) is 77.3 Å². The van der Waals surface area contributed by atoms with E-state index in [1.165, 1.54) is 6.20 Å². The van der Waals surface area contributed by atoms with Gasteiger partial charge in [0.25, 0.3) is 0 Å². The zero-order valence-corrected chi connectivity index (χ0v) is 20.0. The highest BCUT2D eigenvalue weighted by molar-refractivity contribution is 6.62. The molecule has 1 amide bonds. The lowest BCUT2D eigenvalue weighted by Gasteiger charge is -2.32. The summed E-state index contributed by atoms with van der Waals surface area (Å²) in [6.45, 7) is 8.18. The molecule has 1 saturated carbocycles. The van der Waals surface area contributed by atoms with E-state index in [1.54, 1.807) is 12.1 Å². The van der Waals surface area contributed by atoms with Gasteiger partial charge in [0.2, 0.25) is 5.91 Å². The average Bonchev–Trinajstić information content (AvgIpc) is 2.96. The number of pyridine rings is 1. The predicted molar refractivity (Wildman–Crippen MR) is 129 cm³/mol. The zero-order chi connectivity index (χ0) is 23.7. The highest BCUT2D eigenvalue weighted by atomic mass is 16.7. The Hall–Kier alpha value is -2.69. The SMILES string of the molecule is CC1(C)OB(c2ccc(C3(C(=O)Nc4ccc(C#N)cn4)CCCCCC3)cc2)OC1(C)C. The minimum absolute atomic E-state index is 0.0370. The molecule has 33 heavy (non-hydrogen) atoms. The summed E-state index contributed by atoms with van der Waals surface area (Å²) in [6.07, 6.45) is 7.36. The molecule has 172 valence electrons. The molecule has 6 nitrogen and oxygen atoms in total. The van der Waals surface area contributed by atoms with Gasteiger partial charge >= 0.3 is 7.12 Å². The van der Waals surface area contributed by atoms with Crippen LogP contribution < -0.4 is 10.8 Å². The number of hydrogen-bond acceptors (Lipinski definition) is 5. The number of carbonyl (C=O) groups is 1. The number of nitrogens with zero attached hydrogens (tertiary/aromatic N) is 2. The molecule has 0 radical (unpaired) electrons. The number of nitriles is 1. The van der Waals surface area contributed by atoms with Crippen LogP contribution >= 0.6 is 0 Å². The number of rotatable bonds is 4. The van der Waals surface area contributed by atoms with Crippen LogP contribution in [0.5, 0.6) is 0 Å². The van der Waals surface area contributed by atoms with Crippen molar-refractivity contribution in [3.05, 3.63) is 53.7 Å². The van der Waals surface area contributed by atoms with Gasteiger partial charge in [-0.3, -0.25) is 4.79 Å². The van der Waals surface area contributed by atoms with Crippen LogP contribution in [0.3, 0.4) is 0 Å². The van der Waals surface area contributed by atoms with Crippen LogP contribution in [0, 0.1) is 11.3 Å². The Kier molecular flexibility index (Phi) is 6.35. The first-order valence-electron chi connectivity index (χ1n) is 11.8. The first-order valence-corrected chi connectivity index (χ1v) is 11.8. The summed E-state index contributed by atoms with van der Waals surface area (Å²) in [6, 6.07) is 13.6. The topological polar surface area (TPSA) is 84.2 Å². The van der Waals surface area contributed by atoms with Crippen molar-refractivity contribution in [1.82, 2.24) is 4.98 Å². The van der Waals surface area contributed by atoms with Gasteiger partial charge in [-0.15, -0.1) is 0 Å². The second-order valence-corrected chi connectivity index (χ2v) is 10.2. The van der Waals surface area contributed by atoms with Crippen molar-refractivity contribution in [3.63, 3.8) is 0 Å². The van der Waals surface area contributed by atoms with Crippen LogP contribution in [0.4, 0.5) is 5.82 Å². The van der Waals surface area contributed by atoms with E-state index in [4.69, 9.17) is 14.6 Å². The number of aromatic nitrogens is 1. The summed E-state index contributed by atoms with van der Waals surface area (Å²) in [5.41, 5.74) is 1.03. The molecule has 0 atom stereocenters. The Balaban J connectivity index is 1.60. The Morgan fingerprint density at radius 3 is 2.09 bits per heavy atom. The van der Waals surface area contributed by atoms with Crippen molar-refractivity contribution in [2.45, 2.75) is 82.8 Å².